The van der Waals surface area contributed by atoms with Crippen LogP contribution in [0.3, 0.4) is 0 Å². The zero-order valence-electron chi connectivity index (χ0n) is 13.7. The lowest BCUT2D eigenvalue weighted by Gasteiger charge is -2.36. The van der Waals surface area contributed by atoms with Gasteiger partial charge in [-0.25, -0.2) is 9.99 Å². The molecule has 2 aromatic heterocycles. The quantitative estimate of drug-likeness (QED) is 0.537. The molecule has 0 aliphatic carbocycles. The second-order valence-corrected chi connectivity index (χ2v) is 7.50. The maximum Gasteiger partial charge on any atom is 0.173 e. The van der Waals surface area contributed by atoms with Gasteiger partial charge in [0.25, 0.3) is 0 Å². The van der Waals surface area contributed by atoms with Crippen LogP contribution in [0.15, 0.2) is 12.3 Å². The number of hydrazine groups is 1. The highest BCUT2D eigenvalue weighted by atomic mass is 127. The Labute approximate surface area is 154 Å². The summed E-state index contributed by atoms with van der Waals surface area (Å²) in [5.74, 6) is 7.99. The van der Waals surface area contributed by atoms with E-state index in [9.17, 15) is 0 Å². The van der Waals surface area contributed by atoms with E-state index < -0.39 is 0 Å². The molecule has 0 aromatic carbocycles. The lowest BCUT2D eigenvalue weighted by molar-refractivity contribution is 0.0985. The van der Waals surface area contributed by atoms with Gasteiger partial charge in [0.15, 0.2) is 5.65 Å². The standard InChI is InChI=1S/C15H22IN7O/c1-11-10-24-7-6-22(11)13-8-14(20-2-4-21(17)5-3-20)23-15(19-13)12(16)9-18-23/h8-9,11H,2-7,10,17H2,1H3/t11-/m1/s1. The highest BCUT2D eigenvalue weighted by Crippen LogP contribution is 2.27. The summed E-state index contributed by atoms with van der Waals surface area (Å²) in [6.07, 6.45) is 1.87. The van der Waals surface area contributed by atoms with Crippen molar-refractivity contribution in [2.75, 3.05) is 55.7 Å². The van der Waals surface area contributed by atoms with E-state index in [2.05, 4.69) is 50.5 Å². The second-order valence-electron chi connectivity index (χ2n) is 6.34. The molecule has 8 nitrogen and oxygen atoms in total. The summed E-state index contributed by atoms with van der Waals surface area (Å²) < 4.78 is 8.58. The number of halogens is 1. The molecule has 0 bridgehead atoms. The third-order valence-corrected chi connectivity index (χ3v) is 5.46. The molecule has 4 heterocycles. The Kier molecular flexibility index (Phi) is 4.50. The van der Waals surface area contributed by atoms with Crippen molar-refractivity contribution in [3.05, 3.63) is 15.8 Å². The molecule has 0 unspecified atom stereocenters. The minimum absolute atomic E-state index is 0.322. The Morgan fingerprint density at radius 1 is 1.25 bits per heavy atom. The van der Waals surface area contributed by atoms with Crippen LogP contribution >= 0.6 is 22.6 Å². The molecule has 0 amide bonds. The number of anilines is 2. The van der Waals surface area contributed by atoms with Gasteiger partial charge in [-0.1, -0.05) is 0 Å². The van der Waals surface area contributed by atoms with Crippen molar-refractivity contribution in [3.8, 4) is 0 Å². The van der Waals surface area contributed by atoms with Crippen LogP contribution in [0.1, 0.15) is 6.92 Å². The van der Waals surface area contributed by atoms with Gasteiger partial charge >= 0.3 is 0 Å². The van der Waals surface area contributed by atoms with Gasteiger partial charge in [-0.05, 0) is 29.5 Å². The average Bonchev–Trinajstić information content (AvgIpc) is 2.97. The van der Waals surface area contributed by atoms with Crippen molar-refractivity contribution in [1.29, 1.82) is 0 Å². The lowest BCUT2D eigenvalue weighted by atomic mass is 10.2. The predicted molar refractivity (Wildman–Crippen MR) is 101 cm³/mol. The Balaban J connectivity index is 1.77. The van der Waals surface area contributed by atoms with E-state index >= 15 is 0 Å². The molecule has 24 heavy (non-hydrogen) atoms. The van der Waals surface area contributed by atoms with Gasteiger partial charge in [-0.15, -0.1) is 0 Å². The van der Waals surface area contributed by atoms with Gasteiger partial charge in [0, 0.05) is 38.8 Å². The van der Waals surface area contributed by atoms with Crippen LogP contribution in [0.25, 0.3) is 5.65 Å². The molecule has 2 aromatic rings. The SMILES string of the molecule is C[C@@H]1COCCN1c1cc(N2CCN(N)CC2)n2ncc(I)c2n1. The van der Waals surface area contributed by atoms with E-state index in [-0.39, 0.29) is 0 Å². The third-order valence-electron chi connectivity index (χ3n) is 4.70. The summed E-state index contributed by atoms with van der Waals surface area (Å²) in [6, 6.07) is 2.48. The van der Waals surface area contributed by atoms with Gasteiger partial charge in [0.1, 0.15) is 11.6 Å². The summed E-state index contributed by atoms with van der Waals surface area (Å²) in [5, 5.41) is 6.40. The minimum Gasteiger partial charge on any atom is -0.377 e. The smallest absolute Gasteiger partial charge is 0.173 e. The number of fused-ring (bicyclic) bond motifs is 1. The number of hydrogen-bond acceptors (Lipinski definition) is 7. The zero-order valence-corrected chi connectivity index (χ0v) is 15.9. The van der Waals surface area contributed by atoms with E-state index in [4.69, 9.17) is 15.6 Å². The van der Waals surface area contributed by atoms with Crippen LogP contribution in [0.5, 0.6) is 0 Å². The van der Waals surface area contributed by atoms with Crippen LogP contribution in [0.4, 0.5) is 11.6 Å². The highest BCUT2D eigenvalue weighted by Gasteiger charge is 2.25. The Morgan fingerprint density at radius 2 is 2.04 bits per heavy atom. The molecule has 0 spiro atoms. The van der Waals surface area contributed by atoms with Crippen LogP contribution in [-0.2, 0) is 4.74 Å². The molecule has 2 saturated heterocycles. The lowest BCUT2D eigenvalue weighted by Crippen LogP contribution is -2.50. The van der Waals surface area contributed by atoms with Gasteiger partial charge in [0.05, 0.1) is 29.0 Å². The van der Waals surface area contributed by atoms with E-state index in [1.807, 2.05) is 15.7 Å². The average molecular weight is 443 g/mol. The molecular weight excluding hydrogens is 421 g/mol. The molecule has 2 aliphatic rings. The first-order valence-electron chi connectivity index (χ1n) is 8.27. The van der Waals surface area contributed by atoms with Crippen molar-refractivity contribution >= 4 is 39.9 Å². The number of piperazine rings is 1. The topological polar surface area (TPSA) is 75.2 Å². The van der Waals surface area contributed by atoms with E-state index in [0.717, 1.165) is 66.8 Å². The highest BCUT2D eigenvalue weighted by molar-refractivity contribution is 14.1. The van der Waals surface area contributed by atoms with Gasteiger partial charge in [-0.2, -0.15) is 9.61 Å². The summed E-state index contributed by atoms with van der Waals surface area (Å²) in [4.78, 5) is 9.55. The fourth-order valence-electron chi connectivity index (χ4n) is 3.30. The van der Waals surface area contributed by atoms with Crippen LogP contribution < -0.4 is 15.6 Å². The molecule has 9 heteroatoms. The van der Waals surface area contributed by atoms with Crippen LogP contribution in [0.2, 0.25) is 0 Å². The zero-order chi connectivity index (χ0) is 16.7. The maximum absolute atomic E-state index is 5.91. The minimum atomic E-state index is 0.322. The predicted octanol–water partition coefficient (Wildman–Crippen LogP) is 0.555. The van der Waals surface area contributed by atoms with Gasteiger partial charge < -0.3 is 14.5 Å². The largest absolute Gasteiger partial charge is 0.377 e. The summed E-state index contributed by atoms with van der Waals surface area (Å²) >= 11 is 2.30. The number of aromatic nitrogens is 3. The van der Waals surface area contributed by atoms with Crippen LogP contribution in [-0.4, -0.2) is 71.6 Å². The number of ether oxygens (including phenoxy) is 1. The number of nitrogens with zero attached hydrogens (tertiary/aromatic N) is 6. The first-order chi connectivity index (χ1) is 11.6. The first kappa shape index (κ1) is 16.3. The summed E-state index contributed by atoms with van der Waals surface area (Å²) in [6.45, 7) is 8.02. The van der Waals surface area contributed by atoms with E-state index in [1.165, 1.54) is 0 Å². The molecule has 1 atom stereocenters. The van der Waals surface area contributed by atoms with Gasteiger partial charge in [-0.3, -0.25) is 5.84 Å². The molecular formula is C15H22IN7O. The maximum atomic E-state index is 5.91. The Hall–Kier alpha value is -1.17. The normalized spacial score (nSPS) is 23.2. The Morgan fingerprint density at radius 3 is 2.79 bits per heavy atom. The van der Waals surface area contributed by atoms with E-state index in [0.29, 0.717) is 6.04 Å². The number of nitrogens with two attached hydrogens (primary N) is 1. The third kappa shape index (κ3) is 2.93. The van der Waals surface area contributed by atoms with Crippen LogP contribution in [0, 0.1) is 3.57 Å². The number of rotatable bonds is 2. The summed E-state index contributed by atoms with van der Waals surface area (Å²) in [7, 11) is 0. The molecule has 2 fully saturated rings. The van der Waals surface area contributed by atoms with Crippen molar-refractivity contribution in [3.63, 3.8) is 0 Å². The molecule has 130 valence electrons. The monoisotopic (exact) mass is 443 g/mol. The van der Waals surface area contributed by atoms with Gasteiger partial charge in [0.2, 0.25) is 0 Å². The van der Waals surface area contributed by atoms with Crippen molar-refractivity contribution in [2.24, 2.45) is 5.84 Å². The fourth-order valence-corrected chi connectivity index (χ4v) is 3.77. The second kappa shape index (κ2) is 6.62. The molecule has 0 saturated carbocycles. The van der Waals surface area contributed by atoms with E-state index in [1.54, 1.807) is 0 Å². The molecule has 4 rings (SSSR count). The van der Waals surface area contributed by atoms with Crippen molar-refractivity contribution < 1.29 is 4.74 Å². The molecule has 2 aliphatic heterocycles. The fraction of sp³-hybridized carbons (Fsp3) is 0.600. The molecule has 2 N–H and O–H groups in total. The first-order valence-corrected chi connectivity index (χ1v) is 9.34. The number of hydrogen-bond donors (Lipinski definition) is 1. The van der Waals surface area contributed by atoms with Crippen molar-refractivity contribution in [1.82, 2.24) is 19.6 Å². The summed E-state index contributed by atoms with van der Waals surface area (Å²) in [5.41, 5.74) is 0.914. The molecule has 0 radical (unpaired) electrons. The number of morpholine rings is 1. The Bertz CT molecular complexity index is 728. The van der Waals surface area contributed by atoms with Crippen molar-refractivity contribution in [2.45, 2.75) is 13.0 Å².